The van der Waals surface area contributed by atoms with Crippen LogP contribution in [0.25, 0.3) is 11.3 Å². The molecule has 26 heavy (non-hydrogen) atoms. The normalized spacial score (nSPS) is 27.8. The summed E-state index contributed by atoms with van der Waals surface area (Å²) in [4.78, 5) is 12.8. The number of H-pyrrole nitrogens is 1. The molecule has 4 rings (SSSR count). The topological polar surface area (TPSA) is 99.3 Å². The molecule has 7 nitrogen and oxygen atoms in total. The molecule has 7 heteroatoms. The fourth-order valence-electron chi connectivity index (χ4n) is 4.15. The van der Waals surface area contributed by atoms with Crippen LogP contribution in [0, 0.1) is 11.8 Å². The van der Waals surface area contributed by atoms with Crippen molar-refractivity contribution in [3.05, 3.63) is 36.0 Å². The minimum absolute atomic E-state index is 0.218. The van der Waals surface area contributed by atoms with Gasteiger partial charge >= 0.3 is 0 Å². The van der Waals surface area contributed by atoms with E-state index in [1.54, 1.807) is 7.11 Å². The monoisotopic (exact) mass is 356 g/mol. The Kier molecular flexibility index (Phi) is 4.65. The Morgan fingerprint density at radius 3 is 2.92 bits per heavy atom. The number of aliphatic hydroxyl groups excluding tert-OH is 1. The lowest BCUT2D eigenvalue weighted by atomic mass is 9.77. The highest BCUT2D eigenvalue weighted by molar-refractivity contribution is 6.00. The third-order valence-corrected chi connectivity index (χ3v) is 5.60. The molecule has 1 saturated carbocycles. The predicted octanol–water partition coefficient (Wildman–Crippen LogP) is 1.17. The standard InChI is InChI=1S/C19H24N4O3/c1-26-14-4-2-3-11(5-14)18-15(10-21-23-18)19(25)22-16-6-12-8-20-9-13(12)7-17(16)24/h2-5,10,12-13,16-17,20,24H,6-9H2,1H3,(H,21,23)(H,22,25)/t12-,13+,16-,17-/m0/s1. The quantitative estimate of drug-likeness (QED) is 0.659. The van der Waals surface area contributed by atoms with Crippen LogP contribution in [0.2, 0.25) is 0 Å². The van der Waals surface area contributed by atoms with E-state index in [9.17, 15) is 9.90 Å². The van der Waals surface area contributed by atoms with Gasteiger partial charge in [-0.1, -0.05) is 12.1 Å². The van der Waals surface area contributed by atoms with Crippen molar-refractivity contribution in [2.45, 2.75) is 25.0 Å². The van der Waals surface area contributed by atoms with Gasteiger partial charge in [0.15, 0.2) is 0 Å². The molecule has 4 N–H and O–H groups in total. The van der Waals surface area contributed by atoms with Crippen molar-refractivity contribution < 1.29 is 14.6 Å². The molecule has 0 unspecified atom stereocenters. The van der Waals surface area contributed by atoms with E-state index in [4.69, 9.17) is 4.74 Å². The van der Waals surface area contributed by atoms with Crippen LogP contribution < -0.4 is 15.4 Å². The number of hydrogen-bond donors (Lipinski definition) is 4. The van der Waals surface area contributed by atoms with Crippen LogP contribution in [0.15, 0.2) is 30.5 Å². The van der Waals surface area contributed by atoms with Crippen LogP contribution in [-0.2, 0) is 0 Å². The van der Waals surface area contributed by atoms with Crippen LogP contribution in [0.3, 0.4) is 0 Å². The second kappa shape index (κ2) is 7.09. The van der Waals surface area contributed by atoms with Crippen molar-refractivity contribution in [2.75, 3.05) is 20.2 Å². The summed E-state index contributed by atoms with van der Waals surface area (Å²) in [5.41, 5.74) is 1.94. The van der Waals surface area contributed by atoms with Crippen LogP contribution in [0.5, 0.6) is 5.75 Å². The smallest absolute Gasteiger partial charge is 0.255 e. The van der Waals surface area contributed by atoms with Crippen molar-refractivity contribution in [2.24, 2.45) is 11.8 Å². The number of aromatic amines is 1. The van der Waals surface area contributed by atoms with Gasteiger partial charge in [0.25, 0.3) is 5.91 Å². The van der Waals surface area contributed by atoms with Crippen molar-refractivity contribution in [3.8, 4) is 17.0 Å². The summed E-state index contributed by atoms with van der Waals surface area (Å²) < 4.78 is 5.26. The van der Waals surface area contributed by atoms with Crippen LogP contribution in [0.1, 0.15) is 23.2 Å². The Bertz CT molecular complexity index is 791. The van der Waals surface area contributed by atoms with Gasteiger partial charge in [0.1, 0.15) is 5.75 Å². The molecule has 1 aromatic heterocycles. The first-order chi connectivity index (χ1) is 12.7. The van der Waals surface area contributed by atoms with E-state index in [1.165, 1.54) is 6.20 Å². The Labute approximate surface area is 152 Å². The Hall–Kier alpha value is -2.38. The number of carbonyl (C=O) groups excluding carboxylic acids is 1. The average molecular weight is 356 g/mol. The van der Waals surface area contributed by atoms with E-state index < -0.39 is 6.10 Å². The number of ether oxygens (including phenoxy) is 1. The zero-order chi connectivity index (χ0) is 18.1. The molecule has 138 valence electrons. The first-order valence-corrected chi connectivity index (χ1v) is 9.03. The van der Waals surface area contributed by atoms with Gasteiger partial charge in [-0.2, -0.15) is 5.10 Å². The first kappa shape index (κ1) is 17.1. The SMILES string of the molecule is COc1cccc(-c2[nH]ncc2C(=O)N[C@H]2C[C@H]3CNC[C@H]3C[C@@H]2O)c1. The van der Waals surface area contributed by atoms with Crippen LogP contribution in [-0.4, -0.2) is 53.6 Å². The molecule has 0 spiro atoms. The summed E-state index contributed by atoms with van der Waals surface area (Å²) in [5.74, 6) is 1.53. The summed E-state index contributed by atoms with van der Waals surface area (Å²) in [7, 11) is 1.61. The molecule has 1 aliphatic heterocycles. The number of nitrogens with zero attached hydrogens (tertiary/aromatic N) is 1. The summed E-state index contributed by atoms with van der Waals surface area (Å²) in [6.07, 6.45) is 2.56. The third-order valence-electron chi connectivity index (χ3n) is 5.60. The fourth-order valence-corrected chi connectivity index (χ4v) is 4.15. The van der Waals surface area contributed by atoms with Gasteiger partial charge in [-0.25, -0.2) is 0 Å². The maximum absolute atomic E-state index is 12.8. The zero-order valence-electron chi connectivity index (χ0n) is 14.7. The van der Waals surface area contributed by atoms with E-state index >= 15 is 0 Å². The highest BCUT2D eigenvalue weighted by Gasteiger charge is 2.39. The van der Waals surface area contributed by atoms with Crippen molar-refractivity contribution in [1.82, 2.24) is 20.8 Å². The van der Waals surface area contributed by atoms with E-state index in [0.29, 0.717) is 28.8 Å². The van der Waals surface area contributed by atoms with E-state index in [0.717, 1.165) is 31.5 Å². The Morgan fingerprint density at radius 2 is 2.12 bits per heavy atom. The largest absolute Gasteiger partial charge is 0.497 e. The number of rotatable bonds is 4. The fraction of sp³-hybridized carbons (Fsp3) is 0.474. The molecule has 0 radical (unpaired) electrons. The maximum Gasteiger partial charge on any atom is 0.255 e. The second-order valence-electron chi connectivity index (χ2n) is 7.19. The molecule has 0 bridgehead atoms. The zero-order valence-corrected chi connectivity index (χ0v) is 14.7. The van der Waals surface area contributed by atoms with E-state index in [-0.39, 0.29) is 11.9 Å². The minimum atomic E-state index is -0.507. The van der Waals surface area contributed by atoms with Crippen molar-refractivity contribution >= 4 is 5.91 Å². The molecule has 2 aliphatic rings. The summed E-state index contributed by atoms with van der Waals surface area (Å²) in [5, 5.41) is 23.8. The second-order valence-corrected chi connectivity index (χ2v) is 7.19. The van der Waals surface area contributed by atoms with Crippen LogP contribution in [0.4, 0.5) is 0 Å². The lowest BCUT2D eigenvalue weighted by molar-refractivity contribution is 0.0462. The van der Waals surface area contributed by atoms with Gasteiger partial charge < -0.3 is 20.5 Å². The number of amides is 1. The first-order valence-electron chi connectivity index (χ1n) is 9.03. The van der Waals surface area contributed by atoms with Gasteiger partial charge in [0, 0.05) is 5.56 Å². The highest BCUT2D eigenvalue weighted by Crippen LogP contribution is 2.33. The number of methoxy groups -OCH3 is 1. The van der Waals surface area contributed by atoms with Gasteiger partial charge in [-0.3, -0.25) is 9.89 Å². The van der Waals surface area contributed by atoms with Crippen molar-refractivity contribution in [1.29, 1.82) is 0 Å². The third kappa shape index (κ3) is 3.20. The molecule has 1 aliphatic carbocycles. The average Bonchev–Trinajstić information content (AvgIpc) is 3.31. The van der Waals surface area contributed by atoms with Gasteiger partial charge in [0.2, 0.25) is 0 Å². The Balaban J connectivity index is 1.51. The molecular weight excluding hydrogens is 332 g/mol. The number of hydrogen-bond acceptors (Lipinski definition) is 5. The molecule has 1 amide bonds. The molecular formula is C19H24N4O3. The van der Waals surface area contributed by atoms with Gasteiger partial charge in [-0.15, -0.1) is 0 Å². The van der Waals surface area contributed by atoms with Crippen LogP contribution >= 0.6 is 0 Å². The highest BCUT2D eigenvalue weighted by atomic mass is 16.5. The maximum atomic E-state index is 12.8. The molecule has 2 aromatic rings. The number of aromatic nitrogens is 2. The molecule has 1 saturated heterocycles. The predicted molar refractivity (Wildman–Crippen MR) is 96.9 cm³/mol. The lowest BCUT2D eigenvalue weighted by Gasteiger charge is -2.35. The van der Waals surface area contributed by atoms with Gasteiger partial charge in [0.05, 0.1) is 36.7 Å². The molecule has 2 fully saturated rings. The number of fused-ring (bicyclic) bond motifs is 1. The number of nitrogens with one attached hydrogen (secondary N) is 3. The minimum Gasteiger partial charge on any atom is -0.497 e. The number of benzene rings is 1. The molecule has 1 aromatic carbocycles. The van der Waals surface area contributed by atoms with E-state index in [1.807, 2.05) is 24.3 Å². The summed E-state index contributed by atoms with van der Waals surface area (Å²) >= 11 is 0. The van der Waals surface area contributed by atoms with E-state index in [2.05, 4.69) is 20.8 Å². The van der Waals surface area contributed by atoms with Crippen molar-refractivity contribution in [3.63, 3.8) is 0 Å². The molecule has 4 atom stereocenters. The van der Waals surface area contributed by atoms with Gasteiger partial charge in [-0.05, 0) is 49.9 Å². The Morgan fingerprint density at radius 1 is 1.31 bits per heavy atom. The summed E-state index contributed by atoms with van der Waals surface area (Å²) in [6.45, 7) is 1.93. The number of carbonyl (C=O) groups is 1. The lowest BCUT2D eigenvalue weighted by Crippen LogP contribution is -2.49. The number of aliphatic hydroxyl groups is 1. The molecule has 2 heterocycles. The summed E-state index contributed by atoms with van der Waals surface area (Å²) in [6, 6.07) is 7.25.